The number of likely N-dealkylation sites (tertiary alicyclic amines) is 1. The van der Waals surface area contributed by atoms with Crippen molar-refractivity contribution in [2.45, 2.75) is 18.8 Å². The number of amides is 2. The minimum atomic E-state index is -3.35. The number of piperidine rings is 1. The molecule has 1 saturated heterocycles. The first-order valence-electron chi connectivity index (χ1n) is 8.59. The summed E-state index contributed by atoms with van der Waals surface area (Å²) in [6.45, 7) is 1.40. The molecule has 2 N–H and O–H groups in total. The Kier molecular flexibility index (Phi) is 5.46. The lowest BCUT2D eigenvalue weighted by Crippen LogP contribution is -2.41. The molecule has 0 aliphatic carbocycles. The van der Waals surface area contributed by atoms with E-state index in [-0.39, 0.29) is 6.03 Å². The number of benzene rings is 2. The zero-order valence-electron chi connectivity index (χ0n) is 14.7. The molecule has 0 aromatic heterocycles. The van der Waals surface area contributed by atoms with Crippen LogP contribution in [0.4, 0.5) is 16.2 Å². The van der Waals surface area contributed by atoms with Crippen molar-refractivity contribution in [3.8, 4) is 0 Å². The molecule has 2 aromatic rings. The Morgan fingerprint density at radius 3 is 2.54 bits per heavy atom. The van der Waals surface area contributed by atoms with Crippen LogP contribution in [0.5, 0.6) is 0 Å². The summed E-state index contributed by atoms with van der Waals surface area (Å²) in [4.78, 5) is 14.4. The maximum atomic E-state index is 12.6. The lowest BCUT2D eigenvalue weighted by molar-refractivity contribution is 0.193. The monoisotopic (exact) mass is 373 g/mol. The molecular formula is C19H23N3O3S. The van der Waals surface area contributed by atoms with Gasteiger partial charge in [0.25, 0.3) is 0 Å². The molecule has 2 aromatic carbocycles. The zero-order valence-corrected chi connectivity index (χ0v) is 15.5. The Balaban J connectivity index is 1.65. The number of nitrogens with one attached hydrogen (secondary N) is 2. The van der Waals surface area contributed by atoms with Gasteiger partial charge < -0.3 is 10.2 Å². The van der Waals surface area contributed by atoms with Gasteiger partial charge in [-0.1, -0.05) is 36.4 Å². The molecule has 1 aliphatic rings. The highest BCUT2D eigenvalue weighted by atomic mass is 32.2. The Labute approximate surface area is 154 Å². The van der Waals surface area contributed by atoms with Crippen LogP contribution >= 0.6 is 0 Å². The number of rotatable bonds is 4. The Morgan fingerprint density at radius 2 is 1.81 bits per heavy atom. The average molecular weight is 373 g/mol. The van der Waals surface area contributed by atoms with E-state index in [0.29, 0.717) is 23.8 Å². The number of nitrogens with zero attached hydrogens (tertiary/aromatic N) is 1. The average Bonchev–Trinajstić information content (AvgIpc) is 2.61. The highest BCUT2D eigenvalue weighted by Crippen LogP contribution is 2.27. The van der Waals surface area contributed by atoms with E-state index in [1.807, 2.05) is 23.1 Å². The SMILES string of the molecule is CS(=O)(=O)Nc1cccc(NC(=O)N2CCC[C@H](c3ccccc3)C2)c1. The minimum absolute atomic E-state index is 0.165. The van der Waals surface area contributed by atoms with E-state index < -0.39 is 10.0 Å². The first kappa shape index (κ1) is 18.3. The largest absolute Gasteiger partial charge is 0.324 e. The number of hydrogen-bond acceptors (Lipinski definition) is 3. The minimum Gasteiger partial charge on any atom is -0.324 e. The van der Waals surface area contributed by atoms with Gasteiger partial charge in [0.2, 0.25) is 10.0 Å². The lowest BCUT2D eigenvalue weighted by atomic mass is 9.91. The fourth-order valence-electron chi connectivity index (χ4n) is 3.24. The summed E-state index contributed by atoms with van der Waals surface area (Å²) in [5, 5.41) is 2.86. The molecule has 1 aliphatic heterocycles. The van der Waals surface area contributed by atoms with Gasteiger partial charge in [-0.05, 0) is 36.6 Å². The predicted molar refractivity (Wildman–Crippen MR) is 104 cm³/mol. The molecule has 0 radical (unpaired) electrons. The van der Waals surface area contributed by atoms with E-state index in [4.69, 9.17) is 0 Å². The summed E-state index contributed by atoms with van der Waals surface area (Å²) in [5.74, 6) is 0.342. The quantitative estimate of drug-likeness (QED) is 0.861. The molecule has 1 atom stereocenters. The third kappa shape index (κ3) is 4.98. The van der Waals surface area contributed by atoms with Crippen LogP contribution in [0.2, 0.25) is 0 Å². The van der Waals surface area contributed by atoms with Gasteiger partial charge in [-0.2, -0.15) is 0 Å². The van der Waals surface area contributed by atoms with Gasteiger partial charge in [0.1, 0.15) is 0 Å². The first-order chi connectivity index (χ1) is 12.4. The summed E-state index contributed by atoms with van der Waals surface area (Å²) in [6.07, 6.45) is 3.12. The van der Waals surface area contributed by atoms with Crippen molar-refractivity contribution in [1.82, 2.24) is 4.90 Å². The smallest absolute Gasteiger partial charge is 0.321 e. The molecule has 138 valence electrons. The number of sulfonamides is 1. The van der Waals surface area contributed by atoms with E-state index in [0.717, 1.165) is 25.6 Å². The van der Waals surface area contributed by atoms with Crippen LogP contribution in [0.1, 0.15) is 24.3 Å². The molecule has 0 saturated carbocycles. The number of carbonyl (C=O) groups is 1. The van der Waals surface area contributed by atoms with Crippen molar-refractivity contribution in [3.63, 3.8) is 0 Å². The van der Waals surface area contributed by atoms with Gasteiger partial charge >= 0.3 is 6.03 Å². The normalized spacial score (nSPS) is 17.6. The van der Waals surface area contributed by atoms with E-state index in [2.05, 4.69) is 22.2 Å². The molecular weight excluding hydrogens is 350 g/mol. The molecule has 0 unspecified atom stereocenters. The van der Waals surface area contributed by atoms with Crippen molar-refractivity contribution < 1.29 is 13.2 Å². The van der Waals surface area contributed by atoms with Crippen molar-refractivity contribution >= 4 is 27.4 Å². The molecule has 7 heteroatoms. The molecule has 3 rings (SSSR count). The van der Waals surface area contributed by atoms with Crippen LogP contribution in [0, 0.1) is 0 Å². The molecule has 0 spiro atoms. The summed E-state index contributed by atoms with van der Waals surface area (Å²) >= 11 is 0. The molecule has 6 nitrogen and oxygen atoms in total. The Bertz CT molecular complexity index is 869. The van der Waals surface area contributed by atoms with Crippen molar-refractivity contribution in [1.29, 1.82) is 0 Å². The van der Waals surface area contributed by atoms with Gasteiger partial charge in [-0.25, -0.2) is 13.2 Å². The van der Waals surface area contributed by atoms with E-state index in [1.165, 1.54) is 5.56 Å². The van der Waals surface area contributed by atoms with E-state index in [9.17, 15) is 13.2 Å². The summed E-state index contributed by atoms with van der Waals surface area (Å²) in [6, 6.07) is 16.8. The van der Waals surface area contributed by atoms with Gasteiger partial charge in [-0.3, -0.25) is 4.72 Å². The number of carbonyl (C=O) groups excluding carboxylic acids is 1. The van der Waals surface area contributed by atoms with Crippen LogP contribution in [0.15, 0.2) is 54.6 Å². The van der Waals surface area contributed by atoms with Gasteiger partial charge in [0.15, 0.2) is 0 Å². The summed E-state index contributed by atoms with van der Waals surface area (Å²) in [7, 11) is -3.35. The van der Waals surface area contributed by atoms with Crippen LogP contribution in [-0.2, 0) is 10.0 Å². The maximum Gasteiger partial charge on any atom is 0.321 e. The summed E-state index contributed by atoms with van der Waals surface area (Å²) < 4.78 is 25.1. The van der Waals surface area contributed by atoms with Gasteiger partial charge in [0, 0.05) is 24.7 Å². The van der Waals surface area contributed by atoms with Crippen molar-refractivity contribution in [2.75, 3.05) is 29.4 Å². The second kappa shape index (κ2) is 7.78. The lowest BCUT2D eigenvalue weighted by Gasteiger charge is -2.33. The highest BCUT2D eigenvalue weighted by molar-refractivity contribution is 7.92. The van der Waals surface area contributed by atoms with Gasteiger partial charge in [-0.15, -0.1) is 0 Å². The van der Waals surface area contributed by atoms with E-state index >= 15 is 0 Å². The van der Waals surface area contributed by atoms with Gasteiger partial charge in [0.05, 0.1) is 11.9 Å². The third-order valence-corrected chi connectivity index (χ3v) is 5.00. The number of anilines is 2. The first-order valence-corrected chi connectivity index (χ1v) is 10.5. The molecule has 1 fully saturated rings. The molecule has 1 heterocycles. The Hall–Kier alpha value is -2.54. The molecule has 26 heavy (non-hydrogen) atoms. The van der Waals surface area contributed by atoms with Crippen LogP contribution in [0.25, 0.3) is 0 Å². The highest BCUT2D eigenvalue weighted by Gasteiger charge is 2.24. The number of urea groups is 1. The van der Waals surface area contributed by atoms with E-state index in [1.54, 1.807) is 24.3 Å². The predicted octanol–water partition coefficient (Wildman–Crippen LogP) is 3.47. The van der Waals surface area contributed by atoms with Crippen LogP contribution in [-0.4, -0.2) is 38.7 Å². The van der Waals surface area contributed by atoms with Crippen molar-refractivity contribution in [2.24, 2.45) is 0 Å². The number of hydrogen-bond donors (Lipinski definition) is 2. The Morgan fingerprint density at radius 1 is 1.08 bits per heavy atom. The fourth-order valence-corrected chi connectivity index (χ4v) is 3.79. The second-order valence-corrected chi connectivity index (χ2v) is 8.33. The summed E-state index contributed by atoms with van der Waals surface area (Å²) in [5.41, 5.74) is 2.24. The second-order valence-electron chi connectivity index (χ2n) is 6.58. The zero-order chi connectivity index (χ0) is 18.6. The maximum absolute atomic E-state index is 12.6. The van der Waals surface area contributed by atoms with Crippen LogP contribution in [0.3, 0.4) is 0 Å². The van der Waals surface area contributed by atoms with Crippen molar-refractivity contribution in [3.05, 3.63) is 60.2 Å². The molecule has 2 amide bonds. The standard InChI is InChI=1S/C19H23N3O3S/c1-26(24,25)21-18-11-5-10-17(13-18)20-19(23)22-12-6-9-16(14-22)15-7-3-2-4-8-15/h2-5,7-8,10-11,13,16,21H,6,9,12,14H2,1H3,(H,20,23)/t16-/m0/s1. The third-order valence-electron chi connectivity index (χ3n) is 4.40. The van der Waals surface area contributed by atoms with Crippen LogP contribution < -0.4 is 10.0 Å². The topological polar surface area (TPSA) is 78.5 Å². The fraction of sp³-hybridized carbons (Fsp3) is 0.316. The molecule has 0 bridgehead atoms.